The summed E-state index contributed by atoms with van der Waals surface area (Å²) in [6.45, 7) is 0. The molecule has 1 aliphatic rings. The first-order chi connectivity index (χ1) is 9.31. The van der Waals surface area contributed by atoms with Crippen LogP contribution >= 0.6 is 12.4 Å². The summed E-state index contributed by atoms with van der Waals surface area (Å²) in [7, 11) is -3.78. The van der Waals surface area contributed by atoms with Crippen LogP contribution in [-0.2, 0) is 14.8 Å². The van der Waals surface area contributed by atoms with E-state index < -0.39 is 15.6 Å². The minimum atomic E-state index is -3.78. The van der Waals surface area contributed by atoms with Crippen LogP contribution in [0.4, 0.5) is 5.69 Å². The zero-order valence-electron chi connectivity index (χ0n) is 11.5. The van der Waals surface area contributed by atoms with Crippen LogP contribution in [0.1, 0.15) is 32.1 Å². The molecular formula is C13H20ClN3O3S. The predicted molar refractivity (Wildman–Crippen MR) is 83.7 cm³/mol. The summed E-state index contributed by atoms with van der Waals surface area (Å²) in [6.07, 6.45) is 4.25. The van der Waals surface area contributed by atoms with E-state index in [0.29, 0.717) is 18.5 Å². The maximum absolute atomic E-state index is 12.2. The van der Waals surface area contributed by atoms with E-state index in [1.165, 1.54) is 18.2 Å². The second kappa shape index (κ2) is 6.74. The molecule has 0 bridgehead atoms. The van der Waals surface area contributed by atoms with Crippen molar-refractivity contribution in [2.24, 2.45) is 10.9 Å². The molecule has 1 saturated carbocycles. The molecule has 8 heteroatoms. The lowest BCUT2D eigenvalue weighted by molar-refractivity contribution is -0.122. The van der Waals surface area contributed by atoms with E-state index in [2.05, 4.69) is 5.32 Å². The van der Waals surface area contributed by atoms with Gasteiger partial charge < -0.3 is 11.1 Å². The topological polar surface area (TPSA) is 115 Å². The molecule has 2 rings (SSSR count). The molecule has 5 N–H and O–H groups in total. The summed E-state index contributed by atoms with van der Waals surface area (Å²) in [5.74, 6) is -0.274. The fourth-order valence-corrected chi connectivity index (χ4v) is 2.98. The number of amides is 1. The Kier molecular flexibility index (Phi) is 5.75. The van der Waals surface area contributed by atoms with Crippen LogP contribution in [0.25, 0.3) is 0 Å². The summed E-state index contributed by atoms with van der Waals surface area (Å²) in [5, 5.41) is 7.74. The molecule has 1 fully saturated rings. The predicted octanol–water partition coefficient (Wildman–Crippen LogP) is 1.36. The van der Waals surface area contributed by atoms with E-state index in [1.807, 2.05) is 0 Å². The number of hydrogen-bond acceptors (Lipinski definition) is 4. The molecule has 1 aliphatic carbocycles. The molecule has 1 amide bonds. The standard InChI is InChI=1S/C13H19N3O3S.ClH/c14-13(7-2-1-3-8-13)12(17)16-10-5-4-6-11(9-10)20(15,18)19;/h4-6,9H,1-3,7-8,14H2,(H,16,17)(H2,15,18,19);1H. The van der Waals surface area contributed by atoms with E-state index in [9.17, 15) is 13.2 Å². The number of benzene rings is 1. The van der Waals surface area contributed by atoms with Crippen LogP contribution in [0.3, 0.4) is 0 Å². The summed E-state index contributed by atoms with van der Waals surface area (Å²) in [5.41, 5.74) is 5.64. The number of rotatable bonds is 3. The molecule has 0 saturated heterocycles. The van der Waals surface area contributed by atoms with E-state index in [1.54, 1.807) is 6.07 Å². The summed E-state index contributed by atoms with van der Waals surface area (Å²) in [6, 6.07) is 5.85. The van der Waals surface area contributed by atoms with E-state index in [0.717, 1.165) is 19.3 Å². The molecule has 0 aliphatic heterocycles. The summed E-state index contributed by atoms with van der Waals surface area (Å²) >= 11 is 0. The number of carbonyl (C=O) groups excluding carboxylic acids is 1. The molecule has 0 aromatic heterocycles. The number of sulfonamides is 1. The van der Waals surface area contributed by atoms with Gasteiger partial charge in [0.25, 0.3) is 0 Å². The van der Waals surface area contributed by atoms with Crippen molar-refractivity contribution in [3.8, 4) is 0 Å². The van der Waals surface area contributed by atoms with Crippen LogP contribution in [0, 0.1) is 0 Å². The number of carbonyl (C=O) groups is 1. The third-order valence-corrected chi connectivity index (χ3v) is 4.53. The van der Waals surface area contributed by atoms with Crippen molar-refractivity contribution in [2.45, 2.75) is 42.5 Å². The van der Waals surface area contributed by atoms with Gasteiger partial charge in [-0.1, -0.05) is 25.3 Å². The smallest absolute Gasteiger partial charge is 0.244 e. The largest absolute Gasteiger partial charge is 0.324 e. The van der Waals surface area contributed by atoms with Gasteiger partial charge in [0.1, 0.15) is 0 Å². The van der Waals surface area contributed by atoms with Gasteiger partial charge in [-0.3, -0.25) is 4.79 Å². The van der Waals surface area contributed by atoms with Crippen LogP contribution < -0.4 is 16.2 Å². The fourth-order valence-electron chi connectivity index (χ4n) is 2.42. The highest BCUT2D eigenvalue weighted by molar-refractivity contribution is 7.89. The van der Waals surface area contributed by atoms with Gasteiger partial charge in [0.2, 0.25) is 15.9 Å². The minimum absolute atomic E-state index is 0. The lowest BCUT2D eigenvalue weighted by Gasteiger charge is -2.31. The molecule has 0 radical (unpaired) electrons. The molecular weight excluding hydrogens is 314 g/mol. The highest BCUT2D eigenvalue weighted by Gasteiger charge is 2.35. The lowest BCUT2D eigenvalue weighted by atomic mass is 9.82. The van der Waals surface area contributed by atoms with Crippen molar-refractivity contribution < 1.29 is 13.2 Å². The highest BCUT2D eigenvalue weighted by Crippen LogP contribution is 2.27. The number of primary sulfonamides is 1. The number of nitrogens with one attached hydrogen (secondary N) is 1. The zero-order valence-corrected chi connectivity index (χ0v) is 13.2. The quantitative estimate of drug-likeness (QED) is 0.774. The fraction of sp³-hybridized carbons (Fsp3) is 0.462. The first-order valence-corrected chi connectivity index (χ1v) is 8.09. The van der Waals surface area contributed by atoms with Crippen LogP contribution in [0.5, 0.6) is 0 Å². The Morgan fingerprint density at radius 2 is 1.81 bits per heavy atom. The van der Waals surface area contributed by atoms with Crippen molar-refractivity contribution in [2.75, 3.05) is 5.32 Å². The number of anilines is 1. The van der Waals surface area contributed by atoms with Crippen LogP contribution in [0.2, 0.25) is 0 Å². The first-order valence-electron chi connectivity index (χ1n) is 6.54. The van der Waals surface area contributed by atoms with E-state index >= 15 is 0 Å². The van der Waals surface area contributed by atoms with Crippen molar-refractivity contribution in [1.82, 2.24) is 0 Å². The maximum Gasteiger partial charge on any atom is 0.244 e. The van der Waals surface area contributed by atoms with Crippen LogP contribution in [0.15, 0.2) is 29.2 Å². The van der Waals surface area contributed by atoms with Gasteiger partial charge in [-0.05, 0) is 31.0 Å². The third-order valence-electron chi connectivity index (χ3n) is 3.62. The molecule has 1 aromatic carbocycles. The Hall–Kier alpha value is -1.15. The van der Waals surface area contributed by atoms with Crippen molar-refractivity contribution in [1.29, 1.82) is 0 Å². The average Bonchev–Trinajstić information content (AvgIpc) is 2.39. The van der Waals surface area contributed by atoms with Gasteiger partial charge in [0.15, 0.2) is 0 Å². The molecule has 1 aromatic rings. The Morgan fingerprint density at radius 1 is 1.19 bits per heavy atom. The number of halogens is 1. The van der Waals surface area contributed by atoms with Gasteiger partial charge >= 0.3 is 0 Å². The highest BCUT2D eigenvalue weighted by atomic mass is 35.5. The zero-order chi connectivity index (χ0) is 14.8. The Morgan fingerprint density at radius 3 is 2.38 bits per heavy atom. The third kappa shape index (κ3) is 4.41. The second-order valence-corrected chi connectivity index (χ2v) is 6.81. The Labute approximate surface area is 130 Å². The van der Waals surface area contributed by atoms with Crippen molar-refractivity contribution in [3.63, 3.8) is 0 Å². The SMILES string of the molecule is Cl.NC1(C(=O)Nc2cccc(S(N)(=O)=O)c2)CCCCC1. The molecule has 0 heterocycles. The monoisotopic (exact) mass is 333 g/mol. The van der Waals surface area contributed by atoms with Crippen molar-refractivity contribution in [3.05, 3.63) is 24.3 Å². The molecule has 0 atom stereocenters. The molecule has 21 heavy (non-hydrogen) atoms. The van der Waals surface area contributed by atoms with Gasteiger partial charge in [-0.2, -0.15) is 0 Å². The molecule has 0 unspecified atom stereocenters. The van der Waals surface area contributed by atoms with Crippen molar-refractivity contribution >= 4 is 34.0 Å². The van der Waals surface area contributed by atoms with Gasteiger partial charge in [-0.25, -0.2) is 13.6 Å². The lowest BCUT2D eigenvalue weighted by Crippen LogP contribution is -2.52. The summed E-state index contributed by atoms with van der Waals surface area (Å²) < 4.78 is 22.6. The Bertz CT molecular complexity index is 613. The van der Waals surface area contributed by atoms with Crippen LogP contribution in [-0.4, -0.2) is 19.9 Å². The molecule has 118 valence electrons. The second-order valence-electron chi connectivity index (χ2n) is 5.24. The average molecular weight is 334 g/mol. The van der Waals surface area contributed by atoms with Gasteiger partial charge in [0.05, 0.1) is 10.4 Å². The maximum atomic E-state index is 12.2. The summed E-state index contributed by atoms with van der Waals surface area (Å²) in [4.78, 5) is 12.2. The van der Waals surface area contributed by atoms with E-state index in [-0.39, 0.29) is 23.2 Å². The molecule has 0 spiro atoms. The Balaban J connectivity index is 0.00000220. The number of hydrogen-bond donors (Lipinski definition) is 3. The minimum Gasteiger partial charge on any atom is -0.324 e. The normalized spacial score (nSPS) is 17.6. The number of nitrogens with two attached hydrogens (primary N) is 2. The van der Waals surface area contributed by atoms with Gasteiger partial charge in [-0.15, -0.1) is 12.4 Å². The first kappa shape index (κ1) is 17.9. The van der Waals surface area contributed by atoms with Gasteiger partial charge in [0, 0.05) is 5.69 Å². The molecule has 6 nitrogen and oxygen atoms in total. The van der Waals surface area contributed by atoms with E-state index in [4.69, 9.17) is 10.9 Å².